The number of benzene rings is 1. The first-order valence-corrected chi connectivity index (χ1v) is 6.45. The Labute approximate surface area is 110 Å². The summed E-state index contributed by atoms with van der Waals surface area (Å²) in [5.41, 5.74) is 2.22. The molecule has 0 unspecified atom stereocenters. The van der Waals surface area contributed by atoms with Crippen LogP contribution in [0.5, 0.6) is 11.5 Å². The van der Waals surface area contributed by atoms with Gasteiger partial charge in [0.2, 0.25) is 0 Å². The summed E-state index contributed by atoms with van der Waals surface area (Å²) >= 11 is 0. The molecular formula is C15H23NO2. The highest BCUT2D eigenvalue weighted by atomic mass is 16.5. The molecule has 18 heavy (non-hydrogen) atoms. The van der Waals surface area contributed by atoms with Crippen LogP contribution < -0.4 is 14.8 Å². The van der Waals surface area contributed by atoms with Crippen LogP contribution in [0.15, 0.2) is 30.4 Å². The maximum absolute atomic E-state index is 5.58. The van der Waals surface area contributed by atoms with Crippen molar-refractivity contribution in [2.45, 2.75) is 27.2 Å². The first-order valence-electron chi connectivity index (χ1n) is 6.45. The Balaban J connectivity index is 2.69. The molecule has 0 heterocycles. The molecule has 1 N–H and O–H groups in total. The fraction of sp³-hybridized carbons (Fsp3) is 0.467. The quantitative estimate of drug-likeness (QED) is 0.710. The second-order valence-corrected chi connectivity index (χ2v) is 4.16. The largest absolute Gasteiger partial charge is 0.490 e. The molecule has 0 aliphatic rings. The third-order valence-electron chi connectivity index (χ3n) is 2.42. The lowest BCUT2D eigenvalue weighted by atomic mass is 10.2. The molecule has 0 aliphatic carbocycles. The van der Waals surface area contributed by atoms with Gasteiger partial charge >= 0.3 is 0 Å². The summed E-state index contributed by atoms with van der Waals surface area (Å²) in [6.07, 6.45) is 0.969. The molecule has 1 rings (SSSR count). The topological polar surface area (TPSA) is 30.5 Å². The van der Waals surface area contributed by atoms with Crippen LogP contribution in [-0.4, -0.2) is 19.8 Å². The summed E-state index contributed by atoms with van der Waals surface area (Å²) in [6, 6.07) is 5.93. The first-order chi connectivity index (χ1) is 8.67. The Bertz CT molecular complexity index is 388. The fourth-order valence-electron chi connectivity index (χ4n) is 1.58. The Morgan fingerprint density at radius 2 is 1.83 bits per heavy atom. The van der Waals surface area contributed by atoms with Crippen LogP contribution in [0.2, 0.25) is 0 Å². The zero-order chi connectivity index (χ0) is 13.4. The van der Waals surface area contributed by atoms with E-state index in [1.165, 1.54) is 5.57 Å². The summed E-state index contributed by atoms with van der Waals surface area (Å²) in [6.45, 7) is 12.0. The zero-order valence-electron chi connectivity index (χ0n) is 11.6. The van der Waals surface area contributed by atoms with E-state index < -0.39 is 0 Å². The molecule has 0 saturated carbocycles. The summed E-state index contributed by atoms with van der Waals surface area (Å²) in [4.78, 5) is 0. The number of hydrogen-bond acceptors (Lipinski definition) is 3. The predicted octanol–water partition coefficient (Wildman–Crippen LogP) is 3.86. The van der Waals surface area contributed by atoms with Crippen molar-refractivity contribution in [3.05, 3.63) is 30.4 Å². The van der Waals surface area contributed by atoms with Crippen LogP contribution >= 0.6 is 0 Å². The second-order valence-electron chi connectivity index (χ2n) is 4.16. The van der Waals surface area contributed by atoms with Gasteiger partial charge in [-0.2, -0.15) is 0 Å². The van der Waals surface area contributed by atoms with Crippen molar-refractivity contribution in [2.24, 2.45) is 0 Å². The van der Waals surface area contributed by atoms with Gasteiger partial charge in [0.15, 0.2) is 11.5 Å². The minimum Gasteiger partial charge on any atom is -0.490 e. The molecule has 3 heteroatoms. The maximum atomic E-state index is 5.58. The van der Waals surface area contributed by atoms with Gasteiger partial charge in [0.05, 0.1) is 13.2 Å². The van der Waals surface area contributed by atoms with Crippen molar-refractivity contribution < 1.29 is 9.47 Å². The van der Waals surface area contributed by atoms with E-state index in [-0.39, 0.29) is 0 Å². The van der Waals surface area contributed by atoms with Gasteiger partial charge in [0.25, 0.3) is 0 Å². The van der Waals surface area contributed by atoms with Gasteiger partial charge < -0.3 is 14.8 Å². The molecule has 0 bridgehead atoms. The van der Waals surface area contributed by atoms with Gasteiger partial charge in [0, 0.05) is 18.3 Å². The second kappa shape index (κ2) is 7.64. The lowest BCUT2D eigenvalue weighted by Crippen LogP contribution is -2.03. The standard InChI is InChI=1S/C15H23NO2/c1-5-17-14-8-7-13(11-15(14)18-6-2)16-10-9-12(3)4/h7-8,11,16H,3,5-6,9-10H2,1-2,4H3. The molecule has 0 fully saturated rings. The molecular weight excluding hydrogens is 226 g/mol. The molecule has 0 saturated heterocycles. The lowest BCUT2D eigenvalue weighted by molar-refractivity contribution is 0.288. The van der Waals surface area contributed by atoms with E-state index in [4.69, 9.17) is 9.47 Å². The molecule has 0 aromatic heterocycles. The minimum absolute atomic E-state index is 0.634. The van der Waals surface area contributed by atoms with Crippen LogP contribution in [0.1, 0.15) is 27.2 Å². The van der Waals surface area contributed by atoms with E-state index in [1.54, 1.807) is 0 Å². The lowest BCUT2D eigenvalue weighted by Gasteiger charge is -2.13. The van der Waals surface area contributed by atoms with Crippen LogP contribution in [0.3, 0.4) is 0 Å². The summed E-state index contributed by atoms with van der Waals surface area (Å²) in [7, 11) is 0. The Hall–Kier alpha value is -1.64. The molecule has 3 nitrogen and oxygen atoms in total. The highest BCUT2D eigenvalue weighted by Gasteiger charge is 2.05. The average Bonchev–Trinajstić information content (AvgIpc) is 2.32. The van der Waals surface area contributed by atoms with E-state index in [2.05, 4.69) is 11.9 Å². The number of nitrogens with one attached hydrogen (secondary N) is 1. The van der Waals surface area contributed by atoms with Crippen molar-refractivity contribution in [1.82, 2.24) is 0 Å². The van der Waals surface area contributed by atoms with Gasteiger partial charge in [-0.3, -0.25) is 0 Å². The third kappa shape index (κ3) is 4.70. The highest BCUT2D eigenvalue weighted by molar-refractivity contribution is 5.54. The smallest absolute Gasteiger partial charge is 0.163 e. The van der Waals surface area contributed by atoms with Crippen LogP contribution in [0, 0.1) is 0 Å². The van der Waals surface area contributed by atoms with E-state index in [9.17, 15) is 0 Å². The summed E-state index contributed by atoms with van der Waals surface area (Å²) < 4.78 is 11.1. The normalized spacial score (nSPS) is 9.94. The maximum Gasteiger partial charge on any atom is 0.163 e. The van der Waals surface area contributed by atoms with E-state index in [1.807, 2.05) is 39.0 Å². The Morgan fingerprint density at radius 3 is 2.44 bits per heavy atom. The third-order valence-corrected chi connectivity index (χ3v) is 2.42. The van der Waals surface area contributed by atoms with Crippen molar-refractivity contribution in [3.8, 4) is 11.5 Å². The van der Waals surface area contributed by atoms with Gasteiger partial charge in [-0.15, -0.1) is 6.58 Å². The van der Waals surface area contributed by atoms with Crippen molar-refractivity contribution in [1.29, 1.82) is 0 Å². The monoisotopic (exact) mass is 249 g/mol. The summed E-state index contributed by atoms with van der Waals surface area (Å²) in [5, 5.41) is 3.35. The van der Waals surface area contributed by atoms with Crippen molar-refractivity contribution in [3.63, 3.8) is 0 Å². The van der Waals surface area contributed by atoms with E-state index >= 15 is 0 Å². The molecule has 0 atom stereocenters. The van der Waals surface area contributed by atoms with Gasteiger partial charge in [-0.05, 0) is 39.3 Å². The fourth-order valence-corrected chi connectivity index (χ4v) is 1.58. The molecule has 0 radical (unpaired) electrons. The molecule has 1 aromatic carbocycles. The number of anilines is 1. The average molecular weight is 249 g/mol. The van der Waals surface area contributed by atoms with Gasteiger partial charge in [-0.1, -0.05) is 5.57 Å². The molecule has 100 valence electrons. The van der Waals surface area contributed by atoms with Gasteiger partial charge in [-0.25, -0.2) is 0 Å². The van der Waals surface area contributed by atoms with Crippen molar-refractivity contribution >= 4 is 5.69 Å². The van der Waals surface area contributed by atoms with E-state index in [0.29, 0.717) is 13.2 Å². The molecule has 0 amide bonds. The Kier molecular flexibility index (Phi) is 6.12. The van der Waals surface area contributed by atoms with Gasteiger partial charge in [0.1, 0.15) is 0 Å². The van der Waals surface area contributed by atoms with Crippen LogP contribution in [0.25, 0.3) is 0 Å². The first kappa shape index (κ1) is 14.4. The predicted molar refractivity (Wildman–Crippen MR) is 76.7 cm³/mol. The zero-order valence-corrected chi connectivity index (χ0v) is 11.6. The SMILES string of the molecule is C=C(C)CCNc1ccc(OCC)c(OCC)c1. The number of ether oxygens (including phenoxy) is 2. The van der Waals surface area contributed by atoms with Crippen LogP contribution in [-0.2, 0) is 0 Å². The molecule has 0 spiro atoms. The summed E-state index contributed by atoms with van der Waals surface area (Å²) in [5.74, 6) is 1.59. The Morgan fingerprint density at radius 1 is 1.17 bits per heavy atom. The highest BCUT2D eigenvalue weighted by Crippen LogP contribution is 2.30. The number of rotatable bonds is 8. The van der Waals surface area contributed by atoms with E-state index in [0.717, 1.165) is 30.2 Å². The number of hydrogen-bond donors (Lipinski definition) is 1. The minimum atomic E-state index is 0.634. The van der Waals surface area contributed by atoms with Crippen LogP contribution in [0.4, 0.5) is 5.69 Å². The molecule has 1 aromatic rings. The molecule has 0 aliphatic heterocycles. The van der Waals surface area contributed by atoms with Crippen molar-refractivity contribution in [2.75, 3.05) is 25.1 Å².